The van der Waals surface area contributed by atoms with Crippen molar-refractivity contribution in [2.45, 2.75) is 13.0 Å². The van der Waals surface area contributed by atoms with Crippen LogP contribution in [0.4, 0.5) is 4.39 Å². The number of hydrogen-bond acceptors (Lipinski definition) is 5. The van der Waals surface area contributed by atoms with E-state index in [1.165, 1.54) is 32.2 Å². The van der Waals surface area contributed by atoms with Gasteiger partial charge < -0.3 is 19.5 Å². The van der Waals surface area contributed by atoms with Gasteiger partial charge in [-0.2, -0.15) is 0 Å². The average Bonchev–Trinajstić information content (AvgIpc) is 2.46. The molecule has 1 atom stereocenters. The molecule has 0 heterocycles. The number of rotatable bonds is 8. The van der Waals surface area contributed by atoms with Crippen LogP contribution in [0.5, 0.6) is 5.75 Å². The third kappa shape index (κ3) is 6.40. The number of halogens is 2. The second-order valence-corrected chi connectivity index (χ2v) is 5.13. The van der Waals surface area contributed by atoms with Gasteiger partial charge >= 0.3 is 5.97 Å². The minimum atomic E-state index is -0.940. The van der Waals surface area contributed by atoms with E-state index in [0.29, 0.717) is 23.4 Å². The Morgan fingerprint density at radius 3 is 2.77 bits per heavy atom. The molecule has 0 aliphatic heterocycles. The van der Waals surface area contributed by atoms with Gasteiger partial charge in [0.1, 0.15) is 11.6 Å². The summed E-state index contributed by atoms with van der Waals surface area (Å²) in [6.07, 6.45) is -0.940. The molecule has 22 heavy (non-hydrogen) atoms. The zero-order chi connectivity index (χ0) is 16.5. The molecule has 1 rings (SSSR count). The molecular formula is C14H17BrFNO5. The standard InChI is InChI=1S/C14H17BrFNO5/c1-9(14(19)17-5-6-20-2)22-13(18)8-21-12-4-3-10(16)7-11(12)15/h3-4,7,9H,5-6,8H2,1-2H3,(H,17,19)/t9-/m0/s1. The van der Waals surface area contributed by atoms with Gasteiger partial charge in [-0.3, -0.25) is 4.79 Å². The van der Waals surface area contributed by atoms with Crippen molar-refractivity contribution < 1.29 is 28.2 Å². The fourth-order valence-corrected chi connectivity index (χ4v) is 1.90. The Morgan fingerprint density at radius 2 is 2.14 bits per heavy atom. The maximum absolute atomic E-state index is 12.9. The first-order chi connectivity index (χ1) is 10.4. The van der Waals surface area contributed by atoms with Crippen LogP contribution in [0.15, 0.2) is 22.7 Å². The van der Waals surface area contributed by atoms with Crippen molar-refractivity contribution in [3.05, 3.63) is 28.5 Å². The molecule has 0 bridgehead atoms. The lowest BCUT2D eigenvalue weighted by Crippen LogP contribution is -2.38. The third-order valence-electron chi connectivity index (χ3n) is 2.52. The summed E-state index contributed by atoms with van der Waals surface area (Å²) in [4.78, 5) is 23.2. The SMILES string of the molecule is COCCNC(=O)[C@H](C)OC(=O)COc1ccc(F)cc1Br. The predicted octanol–water partition coefficient (Wildman–Crippen LogP) is 1.66. The molecule has 0 fully saturated rings. The fraction of sp³-hybridized carbons (Fsp3) is 0.429. The summed E-state index contributed by atoms with van der Waals surface area (Å²) in [5.74, 6) is -1.25. The van der Waals surface area contributed by atoms with Gasteiger partial charge in [-0.25, -0.2) is 9.18 Å². The van der Waals surface area contributed by atoms with E-state index in [-0.39, 0.29) is 6.61 Å². The van der Waals surface area contributed by atoms with Gasteiger partial charge in [-0.15, -0.1) is 0 Å². The second-order valence-electron chi connectivity index (χ2n) is 4.28. The maximum atomic E-state index is 12.9. The Hall–Kier alpha value is -1.67. The Balaban J connectivity index is 2.37. The largest absolute Gasteiger partial charge is 0.481 e. The Bertz CT molecular complexity index is 526. The molecular weight excluding hydrogens is 361 g/mol. The lowest BCUT2D eigenvalue weighted by Gasteiger charge is -2.14. The second kappa shape index (κ2) is 9.37. The number of carbonyl (C=O) groups is 2. The zero-order valence-electron chi connectivity index (χ0n) is 12.2. The lowest BCUT2D eigenvalue weighted by molar-refractivity contribution is -0.156. The molecule has 122 valence electrons. The molecule has 1 N–H and O–H groups in total. The summed E-state index contributed by atoms with van der Waals surface area (Å²) < 4.78 is 28.2. The van der Waals surface area contributed by atoms with E-state index in [4.69, 9.17) is 14.2 Å². The van der Waals surface area contributed by atoms with Crippen LogP contribution in [0.25, 0.3) is 0 Å². The van der Waals surface area contributed by atoms with Crippen LogP contribution in [-0.4, -0.2) is 44.8 Å². The summed E-state index contributed by atoms with van der Waals surface area (Å²) in [6.45, 7) is 1.76. The molecule has 8 heteroatoms. The van der Waals surface area contributed by atoms with E-state index in [1.54, 1.807) is 0 Å². The van der Waals surface area contributed by atoms with Crippen LogP contribution in [0.3, 0.4) is 0 Å². The predicted molar refractivity (Wildman–Crippen MR) is 80.0 cm³/mol. The van der Waals surface area contributed by atoms with Gasteiger partial charge in [-0.05, 0) is 41.1 Å². The van der Waals surface area contributed by atoms with Crippen molar-refractivity contribution in [1.29, 1.82) is 0 Å². The first-order valence-corrected chi connectivity index (χ1v) is 7.27. The highest BCUT2D eigenvalue weighted by molar-refractivity contribution is 9.10. The zero-order valence-corrected chi connectivity index (χ0v) is 13.8. The molecule has 0 radical (unpaired) electrons. The average molecular weight is 378 g/mol. The molecule has 1 aromatic carbocycles. The van der Waals surface area contributed by atoms with Gasteiger partial charge in [0, 0.05) is 13.7 Å². The Kier molecular flexibility index (Phi) is 7.83. The summed E-state index contributed by atoms with van der Waals surface area (Å²) in [5.41, 5.74) is 0. The number of methoxy groups -OCH3 is 1. The lowest BCUT2D eigenvalue weighted by atomic mass is 10.3. The van der Waals surface area contributed by atoms with Crippen LogP contribution in [0.2, 0.25) is 0 Å². The van der Waals surface area contributed by atoms with Gasteiger partial charge in [0.2, 0.25) is 0 Å². The van der Waals surface area contributed by atoms with E-state index in [9.17, 15) is 14.0 Å². The van der Waals surface area contributed by atoms with Gasteiger partial charge in [0.25, 0.3) is 5.91 Å². The monoisotopic (exact) mass is 377 g/mol. The normalized spacial score (nSPS) is 11.6. The number of hydrogen-bond donors (Lipinski definition) is 1. The van der Waals surface area contributed by atoms with Crippen LogP contribution >= 0.6 is 15.9 Å². The highest BCUT2D eigenvalue weighted by atomic mass is 79.9. The summed E-state index contributed by atoms with van der Waals surface area (Å²) >= 11 is 3.11. The summed E-state index contributed by atoms with van der Waals surface area (Å²) in [7, 11) is 1.51. The van der Waals surface area contributed by atoms with E-state index < -0.39 is 23.8 Å². The minimum Gasteiger partial charge on any atom is -0.481 e. The highest BCUT2D eigenvalue weighted by Gasteiger charge is 2.18. The number of esters is 1. The van der Waals surface area contributed by atoms with E-state index >= 15 is 0 Å². The Labute approximate surface area is 136 Å². The van der Waals surface area contributed by atoms with Crippen molar-refractivity contribution >= 4 is 27.8 Å². The van der Waals surface area contributed by atoms with Crippen LogP contribution in [-0.2, 0) is 19.1 Å². The molecule has 1 aromatic rings. The molecule has 0 spiro atoms. The molecule has 0 saturated carbocycles. The molecule has 0 aliphatic rings. The van der Waals surface area contributed by atoms with Crippen LogP contribution in [0, 0.1) is 5.82 Å². The topological polar surface area (TPSA) is 73.9 Å². The molecule has 6 nitrogen and oxygen atoms in total. The summed E-state index contributed by atoms with van der Waals surface area (Å²) in [6, 6.07) is 3.80. The first-order valence-electron chi connectivity index (χ1n) is 6.48. The minimum absolute atomic E-state index is 0.301. The quantitative estimate of drug-likeness (QED) is 0.550. The van der Waals surface area contributed by atoms with Crippen molar-refractivity contribution in [2.75, 3.05) is 26.9 Å². The van der Waals surface area contributed by atoms with Crippen LogP contribution in [0.1, 0.15) is 6.92 Å². The molecule has 1 amide bonds. The number of amides is 1. The van der Waals surface area contributed by atoms with Gasteiger partial charge in [0.05, 0.1) is 11.1 Å². The van der Waals surface area contributed by atoms with E-state index in [1.807, 2.05) is 0 Å². The molecule has 0 aromatic heterocycles. The Morgan fingerprint density at radius 1 is 1.41 bits per heavy atom. The summed E-state index contributed by atoms with van der Waals surface area (Å²) in [5, 5.41) is 2.55. The van der Waals surface area contributed by atoms with Crippen molar-refractivity contribution in [3.8, 4) is 5.75 Å². The van der Waals surface area contributed by atoms with Gasteiger partial charge in [-0.1, -0.05) is 0 Å². The van der Waals surface area contributed by atoms with Crippen LogP contribution < -0.4 is 10.1 Å². The highest BCUT2D eigenvalue weighted by Crippen LogP contribution is 2.25. The molecule has 0 aliphatic carbocycles. The van der Waals surface area contributed by atoms with Crippen molar-refractivity contribution in [3.63, 3.8) is 0 Å². The van der Waals surface area contributed by atoms with Crippen molar-refractivity contribution in [2.24, 2.45) is 0 Å². The third-order valence-corrected chi connectivity index (χ3v) is 3.14. The number of carbonyl (C=O) groups excluding carboxylic acids is 2. The van der Waals surface area contributed by atoms with Gasteiger partial charge in [0.15, 0.2) is 12.7 Å². The van der Waals surface area contributed by atoms with E-state index in [2.05, 4.69) is 21.2 Å². The molecule has 0 unspecified atom stereocenters. The fourth-order valence-electron chi connectivity index (χ4n) is 1.43. The van der Waals surface area contributed by atoms with E-state index in [0.717, 1.165) is 0 Å². The number of ether oxygens (including phenoxy) is 3. The number of nitrogens with one attached hydrogen (secondary N) is 1. The first kappa shape index (κ1) is 18.4. The smallest absolute Gasteiger partial charge is 0.344 e. The maximum Gasteiger partial charge on any atom is 0.344 e. The van der Waals surface area contributed by atoms with Crippen molar-refractivity contribution in [1.82, 2.24) is 5.32 Å². The molecule has 0 saturated heterocycles. The number of benzene rings is 1.